The second-order valence-corrected chi connectivity index (χ2v) is 10.5. The van der Waals surface area contributed by atoms with Crippen molar-refractivity contribution in [2.45, 2.75) is 44.8 Å². The summed E-state index contributed by atoms with van der Waals surface area (Å²) < 4.78 is 61.7. The van der Waals surface area contributed by atoms with Crippen LogP contribution in [0.4, 0.5) is 23.2 Å². The normalized spacial score (nSPS) is 18.7. The summed E-state index contributed by atoms with van der Waals surface area (Å²) in [6.07, 6.45) is -5.06. The number of hydrogen-bond acceptors (Lipinski definition) is 7. The average molecular weight is 551 g/mol. The van der Waals surface area contributed by atoms with Gasteiger partial charge in [-0.1, -0.05) is 11.2 Å². The van der Waals surface area contributed by atoms with Crippen LogP contribution in [0.25, 0.3) is 22.4 Å². The monoisotopic (exact) mass is 550 g/mol. The molecule has 0 radical (unpaired) electrons. The van der Waals surface area contributed by atoms with Crippen molar-refractivity contribution in [1.82, 2.24) is 24.9 Å². The number of nitrogens with one attached hydrogen (secondary N) is 2. The number of anilines is 1. The smallest absolute Gasteiger partial charge is 0.379 e. The second kappa shape index (κ2) is 10.4. The first-order chi connectivity index (χ1) is 18.1. The van der Waals surface area contributed by atoms with Gasteiger partial charge in [-0.2, -0.15) is 18.2 Å². The summed E-state index contributed by atoms with van der Waals surface area (Å²) in [5.41, 5.74) is 1.43. The van der Waals surface area contributed by atoms with Crippen LogP contribution in [0.5, 0.6) is 0 Å². The van der Waals surface area contributed by atoms with Crippen molar-refractivity contribution in [3.05, 3.63) is 52.0 Å². The van der Waals surface area contributed by atoms with Gasteiger partial charge < -0.3 is 24.6 Å². The zero-order valence-corrected chi connectivity index (χ0v) is 21.5. The number of carbonyl (C=O) groups is 1. The minimum absolute atomic E-state index is 0.0466. The molecule has 1 fully saturated rings. The first-order valence-electron chi connectivity index (χ1n) is 12.0. The molecule has 8 nitrogen and oxygen atoms in total. The Morgan fingerprint density at radius 3 is 2.82 bits per heavy atom. The minimum atomic E-state index is -4.51. The van der Waals surface area contributed by atoms with Crippen LogP contribution in [-0.4, -0.2) is 64.0 Å². The van der Waals surface area contributed by atoms with Gasteiger partial charge in [0.05, 0.1) is 29.4 Å². The van der Waals surface area contributed by atoms with Crippen molar-refractivity contribution < 1.29 is 26.9 Å². The fourth-order valence-electron chi connectivity index (χ4n) is 4.62. The van der Waals surface area contributed by atoms with Crippen LogP contribution < -0.4 is 10.6 Å². The van der Waals surface area contributed by atoms with Gasteiger partial charge >= 0.3 is 6.18 Å². The van der Waals surface area contributed by atoms with Crippen LogP contribution in [0, 0.1) is 6.92 Å². The van der Waals surface area contributed by atoms with Crippen LogP contribution in [-0.2, 0) is 13.1 Å². The molecule has 38 heavy (non-hydrogen) atoms. The zero-order valence-electron chi connectivity index (χ0n) is 20.7. The third-order valence-corrected chi connectivity index (χ3v) is 7.32. The molecule has 1 saturated heterocycles. The first-order valence-corrected chi connectivity index (χ1v) is 12.9. The predicted octanol–water partition coefficient (Wildman–Crippen LogP) is 5.01. The maximum Gasteiger partial charge on any atom is 0.406 e. The summed E-state index contributed by atoms with van der Waals surface area (Å²) in [6.45, 7) is 1.52. The van der Waals surface area contributed by atoms with Crippen LogP contribution in [0.3, 0.4) is 0 Å². The number of likely N-dealkylation sites (tertiary alicyclic amines) is 1. The third kappa shape index (κ3) is 5.68. The van der Waals surface area contributed by atoms with Gasteiger partial charge in [-0.05, 0) is 44.7 Å². The van der Waals surface area contributed by atoms with E-state index in [2.05, 4.69) is 20.8 Å². The summed E-state index contributed by atoms with van der Waals surface area (Å²) in [4.78, 5) is 19.4. The Bertz CT molecular complexity index is 1450. The molecule has 5 rings (SSSR count). The molecule has 2 atom stereocenters. The van der Waals surface area contributed by atoms with Crippen molar-refractivity contribution in [2.24, 2.45) is 0 Å². The Morgan fingerprint density at radius 2 is 2.11 bits per heavy atom. The van der Waals surface area contributed by atoms with Gasteiger partial charge in [0, 0.05) is 34.4 Å². The molecule has 0 unspecified atom stereocenters. The molecule has 3 aromatic heterocycles. The van der Waals surface area contributed by atoms with Gasteiger partial charge in [0.15, 0.2) is 0 Å². The van der Waals surface area contributed by atoms with Gasteiger partial charge in [0.1, 0.15) is 12.7 Å². The summed E-state index contributed by atoms with van der Waals surface area (Å²) in [6, 6.07) is 7.76. The first kappa shape index (κ1) is 26.2. The standard InChI is InChI=1S/C25H26F4N6O2S/c1-14-8-15(12-38-14)24(36)30-10-22-32-23(33-37-22)21-9-16-18(31-19-6-7-34(2)11-17(19)26)4-3-5-20(16)35(21)13-25(27,28)29/h3-5,8-9,12,17,19,31H,6-7,10-11,13H2,1-2H3,(H,30,36)/t17-,19+/m0/s1. The molecule has 4 aromatic rings. The van der Waals surface area contributed by atoms with Crippen molar-refractivity contribution in [1.29, 1.82) is 0 Å². The Balaban J connectivity index is 1.43. The second-order valence-electron chi connectivity index (χ2n) is 9.43. The molecule has 0 spiro atoms. The summed E-state index contributed by atoms with van der Waals surface area (Å²) in [5, 5.41) is 12.0. The number of amides is 1. The lowest BCUT2D eigenvalue weighted by Gasteiger charge is -2.33. The fourth-order valence-corrected chi connectivity index (χ4v) is 5.30. The van der Waals surface area contributed by atoms with E-state index in [4.69, 9.17) is 4.52 Å². The van der Waals surface area contributed by atoms with E-state index in [1.165, 1.54) is 11.3 Å². The number of piperidine rings is 1. The van der Waals surface area contributed by atoms with Gasteiger partial charge in [0.2, 0.25) is 11.7 Å². The number of thiophene rings is 1. The van der Waals surface area contributed by atoms with Crippen LogP contribution in [0.2, 0.25) is 0 Å². The topological polar surface area (TPSA) is 88.2 Å². The highest BCUT2D eigenvalue weighted by Crippen LogP contribution is 2.35. The lowest BCUT2D eigenvalue weighted by molar-refractivity contribution is -0.139. The lowest BCUT2D eigenvalue weighted by atomic mass is 10.0. The summed E-state index contributed by atoms with van der Waals surface area (Å²) in [5.74, 6) is -0.320. The number of aryl methyl sites for hydroxylation is 1. The van der Waals surface area contributed by atoms with E-state index in [1.807, 2.05) is 18.9 Å². The Hall–Kier alpha value is -3.45. The number of hydrogen-bond donors (Lipinski definition) is 2. The maximum absolute atomic E-state index is 14.7. The number of nitrogens with zero attached hydrogens (tertiary/aromatic N) is 4. The van der Waals surface area contributed by atoms with Crippen LogP contribution >= 0.6 is 11.3 Å². The SMILES string of the molecule is Cc1cc(C(=O)NCc2nc(-c3cc4c(N[C@@H]5CCN(C)C[C@@H]5F)cccc4n3CC(F)(F)F)no2)cs1. The largest absolute Gasteiger partial charge is 0.406 e. The molecule has 1 aliphatic rings. The molecule has 0 saturated carbocycles. The van der Waals surface area contributed by atoms with E-state index in [0.717, 1.165) is 9.44 Å². The molecule has 13 heteroatoms. The maximum atomic E-state index is 14.7. The molecule has 1 amide bonds. The molecule has 4 heterocycles. The fraction of sp³-hybridized carbons (Fsp3) is 0.400. The Kier molecular flexibility index (Phi) is 7.14. The molecule has 1 aromatic carbocycles. The highest BCUT2D eigenvalue weighted by molar-refractivity contribution is 7.10. The number of benzene rings is 1. The number of halogens is 4. The van der Waals surface area contributed by atoms with Crippen LogP contribution in [0.1, 0.15) is 27.5 Å². The van der Waals surface area contributed by atoms with Crippen LogP contribution in [0.15, 0.2) is 40.2 Å². The van der Waals surface area contributed by atoms with E-state index >= 15 is 0 Å². The van der Waals surface area contributed by atoms with Crippen molar-refractivity contribution >= 4 is 33.8 Å². The Morgan fingerprint density at radius 1 is 1.29 bits per heavy atom. The average Bonchev–Trinajstić information content (AvgIpc) is 3.58. The quantitative estimate of drug-likeness (QED) is 0.315. The molecular weight excluding hydrogens is 524 g/mol. The molecule has 1 aliphatic heterocycles. The van der Waals surface area contributed by atoms with E-state index in [0.29, 0.717) is 35.1 Å². The van der Waals surface area contributed by atoms with E-state index in [1.54, 1.807) is 35.7 Å². The highest BCUT2D eigenvalue weighted by atomic mass is 32.1. The Labute approximate surface area is 219 Å². The highest BCUT2D eigenvalue weighted by Gasteiger charge is 2.32. The zero-order chi connectivity index (χ0) is 27.0. The van der Waals surface area contributed by atoms with E-state index in [-0.39, 0.29) is 36.4 Å². The number of fused-ring (bicyclic) bond motifs is 1. The molecule has 2 N–H and O–H groups in total. The van der Waals surface area contributed by atoms with Crippen molar-refractivity contribution in [3.63, 3.8) is 0 Å². The van der Waals surface area contributed by atoms with Gasteiger partial charge in [-0.3, -0.25) is 4.79 Å². The lowest BCUT2D eigenvalue weighted by Crippen LogP contribution is -2.46. The van der Waals surface area contributed by atoms with Gasteiger partial charge in [-0.25, -0.2) is 4.39 Å². The predicted molar refractivity (Wildman–Crippen MR) is 136 cm³/mol. The third-order valence-electron chi connectivity index (χ3n) is 6.46. The minimum Gasteiger partial charge on any atom is -0.379 e. The number of rotatable bonds is 7. The van der Waals surface area contributed by atoms with Crippen molar-refractivity contribution in [2.75, 3.05) is 25.5 Å². The van der Waals surface area contributed by atoms with Gasteiger partial charge in [-0.15, -0.1) is 11.3 Å². The molecular formula is C25H26F4N6O2S. The molecule has 202 valence electrons. The number of aromatic nitrogens is 3. The summed E-state index contributed by atoms with van der Waals surface area (Å²) in [7, 11) is 1.85. The molecule has 0 bridgehead atoms. The molecule has 0 aliphatic carbocycles. The van der Waals surface area contributed by atoms with E-state index < -0.39 is 24.9 Å². The summed E-state index contributed by atoms with van der Waals surface area (Å²) >= 11 is 1.44. The van der Waals surface area contributed by atoms with Gasteiger partial charge in [0.25, 0.3) is 5.91 Å². The number of carbonyl (C=O) groups excluding carboxylic acids is 1. The van der Waals surface area contributed by atoms with E-state index in [9.17, 15) is 22.4 Å². The number of alkyl halides is 4. The van der Waals surface area contributed by atoms with Crippen molar-refractivity contribution in [3.8, 4) is 11.5 Å².